The van der Waals surface area contributed by atoms with Crippen molar-refractivity contribution in [3.8, 4) is 5.75 Å². The summed E-state index contributed by atoms with van der Waals surface area (Å²) >= 11 is 5.94. The number of rotatable bonds is 4. The number of ether oxygens (including phenoxy) is 2. The third kappa shape index (κ3) is 3.35. The summed E-state index contributed by atoms with van der Waals surface area (Å²) in [6.07, 6.45) is 0.965. The molecule has 0 bridgehead atoms. The quantitative estimate of drug-likeness (QED) is 0.909. The van der Waals surface area contributed by atoms with Crippen molar-refractivity contribution < 1.29 is 17.9 Å². The molecule has 1 fully saturated rings. The molecule has 2 N–H and O–H groups in total. The molecule has 7 heteroatoms. The van der Waals surface area contributed by atoms with E-state index in [1.165, 1.54) is 18.2 Å². The summed E-state index contributed by atoms with van der Waals surface area (Å²) < 4.78 is 33.0. The molecule has 1 saturated heterocycles. The monoisotopic (exact) mass is 291 g/mol. The second-order valence-electron chi connectivity index (χ2n) is 4.18. The fourth-order valence-electron chi connectivity index (χ4n) is 1.70. The van der Waals surface area contributed by atoms with Crippen molar-refractivity contribution in [3.63, 3.8) is 0 Å². The molecule has 2 rings (SSSR count). The van der Waals surface area contributed by atoms with Gasteiger partial charge >= 0.3 is 0 Å². The van der Waals surface area contributed by atoms with Crippen LogP contribution in [-0.4, -0.2) is 28.2 Å². The Kier molecular flexibility index (Phi) is 4.11. The Morgan fingerprint density at radius 2 is 2.28 bits per heavy atom. The Balaban J connectivity index is 2.05. The minimum Gasteiger partial charge on any atom is -0.492 e. The fourth-order valence-corrected chi connectivity index (χ4v) is 2.54. The Hall–Kier alpha value is -0.820. The molecule has 1 aromatic carbocycles. The predicted molar refractivity (Wildman–Crippen MR) is 67.2 cm³/mol. The van der Waals surface area contributed by atoms with E-state index in [2.05, 4.69) is 0 Å². The number of primary sulfonamides is 1. The highest BCUT2D eigenvalue weighted by molar-refractivity contribution is 7.89. The van der Waals surface area contributed by atoms with Crippen molar-refractivity contribution in [2.45, 2.75) is 11.3 Å². The zero-order valence-corrected chi connectivity index (χ0v) is 11.2. The van der Waals surface area contributed by atoms with Gasteiger partial charge in [-0.15, -0.1) is 0 Å². The third-order valence-corrected chi connectivity index (χ3v) is 3.94. The van der Waals surface area contributed by atoms with E-state index in [4.69, 9.17) is 26.2 Å². The summed E-state index contributed by atoms with van der Waals surface area (Å²) in [5.41, 5.74) is 0. The molecule has 1 aliphatic rings. The SMILES string of the molecule is NS(=O)(=O)c1ccc(OCC2CCOC2)c(Cl)c1. The minimum absolute atomic E-state index is 0.0240. The first-order valence-electron chi connectivity index (χ1n) is 5.50. The van der Waals surface area contributed by atoms with Crippen LogP contribution in [0.15, 0.2) is 23.1 Å². The normalized spacial score (nSPS) is 20.0. The van der Waals surface area contributed by atoms with Crippen molar-refractivity contribution in [2.24, 2.45) is 11.1 Å². The van der Waals surface area contributed by atoms with Gasteiger partial charge in [0.2, 0.25) is 10.0 Å². The lowest BCUT2D eigenvalue weighted by Crippen LogP contribution is -2.13. The highest BCUT2D eigenvalue weighted by Gasteiger charge is 2.17. The van der Waals surface area contributed by atoms with Crippen LogP contribution in [0.2, 0.25) is 5.02 Å². The van der Waals surface area contributed by atoms with Crippen molar-refractivity contribution in [1.82, 2.24) is 0 Å². The van der Waals surface area contributed by atoms with Gasteiger partial charge in [-0.25, -0.2) is 13.6 Å². The molecule has 0 saturated carbocycles. The van der Waals surface area contributed by atoms with Crippen LogP contribution in [0.4, 0.5) is 0 Å². The van der Waals surface area contributed by atoms with Crippen LogP contribution in [0.3, 0.4) is 0 Å². The highest BCUT2D eigenvalue weighted by Crippen LogP contribution is 2.27. The van der Waals surface area contributed by atoms with Crippen molar-refractivity contribution in [1.29, 1.82) is 0 Å². The zero-order chi connectivity index (χ0) is 13.2. The number of benzene rings is 1. The van der Waals surface area contributed by atoms with Gasteiger partial charge in [-0.3, -0.25) is 0 Å². The van der Waals surface area contributed by atoms with Crippen LogP contribution >= 0.6 is 11.6 Å². The van der Waals surface area contributed by atoms with Crippen molar-refractivity contribution >= 4 is 21.6 Å². The minimum atomic E-state index is -3.73. The van der Waals surface area contributed by atoms with E-state index in [1.807, 2.05) is 0 Å². The number of sulfonamides is 1. The van der Waals surface area contributed by atoms with Gasteiger partial charge in [-0.2, -0.15) is 0 Å². The van der Waals surface area contributed by atoms with E-state index in [9.17, 15) is 8.42 Å². The summed E-state index contributed by atoms with van der Waals surface area (Å²) in [7, 11) is -3.73. The van der Waals surface area contributed by atoms with Crippen LogP contribution in [0.1, 0.15) is 6.42 Å². The Morgan fingerprint density at radius 1 is 1.50 bits per heavy atom. The lowest BCUT2D eigenvalue weighted by Gasteiger charge is -2.12. The summed E-state index contributed by atoms with van der Waals surface area (Å²) in [4.78, 5) is -0.0240. The second-order valence-corrected chi connectivity index (χ2v) is 6.15. The summed E-state index contributed by atoms with van der Waals surface area (Å²) in [6.45, 7) is 1.95. The fraction of sp³-hybridized carbons (Fsp3) is 0.455. The van der Waals surface area contributed by atoms with Crippen LogP contribution in [0, 0.1) is 5.92 Å². The van der Waals surface area contributed by atoms with E-state index >= 15 is 0 Å². The highest BCUT2D eigenvalue weighted by atomic mass is 35.5. The Morgan fingerprint density at radius 3 is 2.83 bits per heavy atom. The maximum absolute atomic E-state index is 11.1. The topological polar surface area (TPSA) is 78.6 Å². The maximum Gasteiger partial charge on any atom is 0.238 e. The molecule has 1 atom stereocenters. The smallest absolute Gasteiger partial charge is 0.238 e. The van der Waals surface area contributed by atoms with Crippen LogP contribution in [0.25, 0.3) is 0 Å². The van der Waals surface area contributed by atoms with Crippen LogP contribution < -0.4 is 9.88 Å². The lowest BCUT2D eigenvalue weighted by atomic mass is 10.1. The van der Waals surface area contributed by atoms with Gasteiger partial charge in [-0.05, 0) is 24.6 Å². The third-order valence-electron chi connectivity index (χ3n) is 2.73. The maximum atomic E-state index is 11.1. The van der Waals surface area contributed by atoms with Crippen molar-refractivity contribution in [2.75, 3.05) is 19.8 Å². The molecule has 100 valence electrons. The molecule has 18 heavy (non-hydrogen) atoms. The number of hydrogen-bond donors (Lipinski definition) is 1. The summed E-state index contributed by atoms with van der Waals surface area (Å²) in [5, 5.41) is 5.24. The van der Waals surface area contributed by atoms with Crippen molar-refractivity contribution in [3.05, 3.63) is 23.2 Å². The molecule has 0 radical (unpaired) electrons. The van der Waals surface area contributed by atoms with E-state index in [0.717, 1.165) is 13.0 Å². The molecule has 0 aromatic heterocycles. The van der Waals surface area contributed by atoms with E-state index < -0.39 is 10.0 Å². The zero-order valence-electron chi connectivity index (χ0n) is 9.63. The second kappa shape index (κ2) is 5.44. The van der Waals surface area contributed by atoms with Gasteiger partial charge in [0.05, 0.1) is 23.1 Å². The standard InChI is InChI=1S/C11H14ClNO4S/c12-10-5-9(18(13,14)15)1-2-11(10)17-7-8-3-4-16-6-8/h1-2,5,8H,3-4,6-7H2,(H2,13,14,15). The number of hydrogen-bond acceptors (Lipinski definition) is 4. The molecular formula is C11H14ClNO4S. The van der Waals surface area contributed by atoms with Gasteiger partial charge in [0.1, 0.15) is 5.75 Å². The Labute approximate surface area is 111 Å². The summed E-state index contributed by atoms with van der Waals surface area (Å²) in [5.74, 6) is 0.815. The molecular weight excluding hydrogens is 278 g/mol. The first kappa shape index (κ1) is 13.6. The van der Waals surface area contributed by atoms with E-state index in [-0.39, 0.29) is 9.92 Å². The first-order valence-corrected chi connectivity index (χ1v) is 7.42. The molecule has 0 aliphatic carbocycles. The van der Waals surface area contributed by atoms with Gasteiger partial charge in [0.15, 0.2) is 0 Å². The predicted octanol–water partition coefficient (Wildman–Crippen LogP) is 1.40. The van der Waals surface area contributed by atoms with Gasteiger partial charge in [0.25, 0.3) is 0 Å². The average molecular weight is 292 g/mol. The lowest BCUT2D eigenvalue weighted by molar-refractivity contribution is 0.167. The van der Waals surface area contributed by atoms with Gasteiger partial charge in [0, 0.05) is 12.5 Å². The average Bonchev–Trinajstić information content (AvgIpc) is 2.79. The molecule has 5 nitrogen and oxygen atoms in total. The molecule has 0 spiro atoms. The van der Waals surface area contributed by atoms with Crippen LogP contribution in [-0.2, 0) is 14.8 Å². The van der Waals surface area contributed by atoms with Gasteiger partial charge in [-0.1, -0.05) is 11.6 Å². The molecule has 1 aromatic rings. The molecule has 1 unspecified atom stereocenters. The summed E-state index contributed by atoms with van der Waals surface area (Å²) in [6, 6.07) is 4.18. The van der Waals surface area contributed by atoms with E-state index in [1.54, 1.807) is 0 Å². The first-order chi connectivity index (χ1) is 8.47. The number of halogens is 1. The molecule has 1 heterocycles. The van der Waals surface area contributed by atoms with Gasteiger partial charge < -0.3 is 9.47 Å². The Bertz CT molecular complexity index is 526. The molecule has 1 aliphatic heterocycles. The van der Waals surface area contributed by atoms with E-state index in [0.29, 0.717) is 24.9 Å². The largest absolute Gasteiger partial charge is 0.492 e. The van der Waals surface area contributed by atoms with Crippen LogP contribution in [0.5, 0.6) is 5.75 Å². The number of nitrogens with two attached hydrogens (primary N) is 1. The molecule has 0 amide bonds.